The minimum absolute atomic E-state index is 0.0980. The molecule has 2 aliphatic rings. The van der Waals surface area contributed by atoms with Gasteiger partial charge in [-0.25, -0.2) is 9.97 Å². The predicted octanol–water partition coefficient (Wildman–Crippen LogP) is 8.25. The second-order valence-corrected chi connectivity index (χ2v) is 18.8. The molecule has 0 saturated carbocycles. The summed E-state index contributed by atoms with van der Waals surface area (Å²) in [6, 6.07) is 23.5. The second-order valence-electron chi connectivity index (χ2n) is 17.0. The number of nitrogens with one attached hydrogen (secondary N) is 4. The first-order chi connectivity index (χ1) is 29.8. The number of amides is 4. The number of benzene rings is 3. The lowest BCUT2D eigenvalue weighted by molar-refractivity contribution is -0.139. The summed E-state index contributed by atoms with van der Waals surface area (Å²) in [5.41, 5.74) is 4.75. The topological polar surface area (TPSA) is 152 Å². The van der Waals surface area contributed by atoms with Gasteiger partial charge in [-0.2, -0.15) is 0 Å². The van der Waals surface area contributed by atoms with Crippen LogP contribution in [0.4, 0.5) is 27.3 Å². The number of thiazole rings is 2. The van der Waals surface area contributed by atoms with Crippen molar-refractivity contribution in [2.75, 3.05) is 39.3 Å². The van der Waals surface area contributed by atoms with Crippen molar-refractivity contribution < 1.29 is 19.2 Å². The van der Waals surface area contributed by atoms with Crippen LogP contribution in [-0.4, -0.2) is 80.7 Å². The molecule has 4 atom stereocenters. The molecular weight excluding hydrogens is 819 g/mol. The van der Waals surface area contributed by atoms with Crippen LogP contribution in [0.1, 0.15) is 64.5 Å². The van der Waals surface area contributed by atoms with Gasteiger partial charge in [0, 0.05) is 66.4 Å². The second kappa shape index (κ2) is 19.8. The largest absolute Gasteiger partial charge is 0.363 e. The van der Waals surface area contributed by atoms with E-state index in [4.69, 9.17) is 0 Å². The number of hydrogen-bond acceptors (Lipinski definition) is 11. The summed E-state index contributed by atoms with van der Waals surface area (Å²) in [6.45, 7) is 14.1. The Kier molecular flexibility index (Phi) is 14.0. The Morgan fingerprint density at radius 1 is 0.726 bits per heavy atom. The molecule has 3 aromatic carbocycles. The van der Waals surface area contributed by atoms with Gasteiger partial charge in [-0.1, -0.05) is 69.8 Å². The van der Waals surface area contributed by atoms with E-state index in [0.29, 0.717) is 66.2 Å². The summed E-state index contributed by atoms with van der Waals surface area (Å²) in [5.74, 6) is -0.691. The first-order valence-electron chi connectivity index (χ1n) is 21.0. The van der Waals surface area contributed by atoms with Gasteiger partial charge in [0.05, 0.1) is 0 Å². The number of para-hydroxylation sites is 1. The van der Waals surface area contributed by atoms with Gasteiger partial charge in [-0.3, -0.25) is 19.2 Å². The van der Waals surface area contributed by atoms with E-state index in [1.54, 1.807) is 29.1 Å². The lowest BCUT2D eigenvalue weighted by Crippen LogP contribution is -2.53. The summed E-state index contributed by atoms with van der Waals surface area (Å²) >= 11 is 2.85. The molecule has 15 heteroatoms. The minimum atomic E-state index is -0.670. The SMILES string of the molecule is C=C(C)[C@H](Nc1nccs1)C(=O)N1CCC[C@H]1C(=O)Nc1ccc(CN(Cc2ccc(NC(=O)[C@@H]3CCCN3C(=O)[C@@H](Nc3nccs3)C(C)(C)C)cc2)c2ccccc2)cc1. The third-order valence-corrected chi connectivity index (χ3v) is 12.6. The van der Waals surface area contributed by atoms with Crippen LogP contribution >= 0.6 is 22.7 Å². The molecule has 2 saturated heterocycles. The number of rotatable bonds is 16. The quantitative estimate of drug-likeness (QED) is 0.0719. The van der Waals surface area contributed by atoms with E-state index in [2.05, 4.69) is 54.8 Å². The van der Waals surface area contributed by atoms with Gasteiger partial charge in [-0.05, 0) is 91.1 Å². The van der Waals surface area contributed by atoms with E-state index < -0.39 is 29.6 Å². The van der Waals surface area contributed by atoms with Crippen LogP contribution in [0.25, 0.3) is 0 Å². The highest BCUT2D eigenvalue weighted by atomic mass is 32.1. The van der Waals surface area contributed by atoms with Crippen molar-refractivity contribution in [1.29, 1.82) is 0 Å². The highest BCUT2D eigenvalue weighted by molar-refractivity contribution is 7.13. The first kappa shape index (κ1) is 44.0. The molecular formula is C47H55N9O4S2. The van der Waals surface area contributed by atoms with Gasteiger partial charge < -0.3 is 36.0 Å². The lowest BCUT2D eigenvalue weighted by Gasteiger charge is -2.35. The van der Waals surface area contributed by atoms with E-state index in [9.17, 15) is 19.2 Å². The maximum atomic E-state index is 13.9. The van der Waals surface area contributed by atoms with Crippen LogP contribution in [0.15, 0.2) is 114 Å². The Balaban J connectivity index is 0.961. The normalized spacial score (nSPS) is 17.2. The third kappa shape index (κ3) is 10.9. The van der Waals surface area contributed by atoms with Crippen LogP contribution in [-0.2, 0) is 32.3 Å². The fourth-order valence-corrected chi connectivity index (χ4v) is 9.09. The van der Waals surface area contributed by atoms with Crippen LogP contribution in [0.2, 0.25) is 0 Å². The summed E-state index contributed by atoms with van der Waals surface area (Å²) in [4.78, 5) is 69.0. The first-order valence-corrected chi connectivity index (χ1v) is 22.8. The van der Waals surface area contributed by atoms with E-state index in [0.717, 1.165) is 29.7 Å². The number of aromatic nitrogens is 2. The number of likely N-dealkylation sites (tertiary alicyclic amines) is 2. The van der Waals surface area contributed by atoms with E-state index in [1.807, 2.05) is 98.3 Å². The molecule has 5 aromatic rings. The maximum absolute atomic E-state index is 13.9. The smallest absolute Gasteiger partial charge is 0.250 e. The standard InChI is InChI=1S/C47H55N9O4S2/c1-31(2)39(52-45-48-23-27-61-45)43(59)55-25-9-13-37(55)41(57)50-34-19-15-32(16-20-34)29-54(36-11-7-6-8-12-36)30-33-17-21-35(22-18-33)51-42(58)38-14-10-26-56(38)44(60)40(47(3,4)5)53-46-49-24-28-62-46/h6-8,11-12,15-24,27-28,37-40H,1,9-10,13-14,25-26,29-30H2,2-5H3,(H,48,52)(H,49,53)(H,50,57)(H,51,58)/t37-,38-,39-,40+/m0/s1. The van der Waals surface area contributed by atoms with Crippen LogP contribution in [0.3, 0.4) is 0 Å². The molecule has 7 rings (SSSR count). The van der Waals surface area contributed by atoms with E-state index in [1.165, 1.54) is 22.7 Å². The van der Waals surface area contributed by atoms with Crippen molar-refractivity contribution in [3.05, 3.63) is 125 Å². The molecule has 0 bridgehead atoms. The zero-order chi connectivity index (χ0) is 43.8. The van der Waals surface area contributed by atoms with Crippen molar-refractivity contribution in [2.24, 2.45) is 5.41 Å². The van der Waals surface area contributed by atoms with Crippen molar-refractivity contribution in [1.82, 2.24) is 19.8 Å². The highest BCUT2D eigenvalue weighted by Gasteiger charge is 2.42. The highest BCUT2D eigenvalue weighted by Crippen LogP contribution is 2.30. The monoisotopic (exact) mass is 873 g/mol. The molecule has 0 radical (unpaired) electrons. The van der Waals surface area contributed by atoms with Gasteiger partial charge in [0.2, 0.25) is 23.6 Å². The Labute approximate surface area is 371 Å². The maximum Gasteiger partial charge on any atom is 0.250 e. The van der Waals surface area contributed by atoms with Crippen molar-refractivity contribution in [3.63, 3.8) is 0 Å². The van der Waals surface area contributed by atoms with Gasteiger partial charge in [-0.15, -0.1) is 22.7 Å². The summed E-state index contributed by atoms with van der Waals surface area (Å²) in [7, 11) is 0. The molecule has 0 aliphatic carbocycles. The molecule has 0 unspecified atom stereocenters. The summed E-state index contributed by atoms with van der Waals surface area (Å²) < 4.78 is 0. The molecule has 2 fully saturated rings. The van der Waals surface area contributed by atoms with Crippen molar-refractivity contribution in [3.8, 4) is 0 Å². The Morgan fingerprint density at radius 2 is 1.21 bits per heavy atom. The van der Waals surface area contributed by atoms with Crippen LogP contribution in [0.5, 0.6) is 0 Å². The molecule has 62 heavy (non-hydrogen) atoms. The summed E-state index contributed by atoms with van der Waals surface area (Å²) in [6.07, 6.45) is 6.07. The van der Waals surface area contributed by atoms with Crippen molar-refractivity contribution >= 4 is 73.6 Å². The molecule has 2 aliphatic heterocycles. The Hall–Kier alpha value is -6.06. The Morgan fingerprint density at radius 3 is 1.66 bits per heavy atom. The number of carbonyl (C=O) groups excluding carboxylic acids is 4. The molecule has 4 amide bonds. The van der Waals surface area contributed by atoms with E-state index >= 15 is 0 Å². The van der Waals surface area contributed by atoms with Gasteiger partial charge in [0.1, 0.15) is 24.2 Å². The zero-order valence-corrected chi connectivity index (χ0v) is 37.3. The lowest BCUT2D eigenvalue weighted by atomic mass is 9.85. The zero-order valence-electron chi connectivity index (χ0n) is 35.7. The fourth-order valence-electron chi connectivity index (χ4n) is 7.97. The number of carbonyl (C=O) groups is 4. The number of anilines is 5. The summed E-state index contributed by atoms with van der Waals surface area (Å²) in [5, 5.41) is 17.6. The number of hydrogen-bond donors (Lipinski definition) is 4. The molecule has 4 heterocycles. The fraction of sp³-hybridized carbons (Fsp3) is 0.362. The third-order valence-electron chi connectivity index (χ3n) is 11.2. The van der Waals surface area contributed by atoms with Crippen molar-refractivity contribution in [2.45, 2.75) is 90.6 Å². The van der Waals surface area contributed by atoms with Crippen LogP contribution < -0.4 is 26.2 Å². The minimum Gasteiger partial charge on any atom is -0.363 e. The molecule has 2 aromatic heterocycles. The molecule has 0 spiro atoms. The van der Waals surface area contributed by atoms with Gasteiger partial charge >= 0.3 is 0 Å². The van der Waals surface area contributed by atoms with Gasteiger partial charge in [0.15, 0.2) is 10.3 Å². The average Bonchev–Trinajstić information content (AvgIpc) is 4.11. The predicted molar refractivity (Wildman–Crippen MR) is 249 cm³/mol. The molecule has 13 nitrogen and oxygen atoms in total. The van der Waals surface area contributed by atoms with Crippen LogP contribution in [0, 0.1) is 5.41 Å². The van der Waals surface area contributed by atoms with Gasteiger partial charge in [0.25, 0.3) is 0 Å². The van der Waals surface area contributed by atoms with E-state index in [-0.39, 0.29) is 23.6 Å². The number of nitrogens with zero attached hydrogens (tertiary/aromatic N) is 5. The molecule has 4 N–H and O–H groups in total. The average molecular weight is 874 g/mol. The Bertz CT molecular complexity index is 2300. The molecule has 324 valence electrons.